The van der Waals surface area contributed by atoms with Crippen LogP contribution in [0.15, 0.2) is 0 Å². The molecule has 0 aliphatic heterocycles. The minimum Gasteiger partial charge on any atom is -0.378 e. The van der Waals surface area contributed by atoms with Gasteiger partial charge in [-0.25, -0.2) is 0 Å². The third-order valence-corrected chi connectivity index (χ3v) is 9.38. The topological polar surface area (TPSA) is 190 Å². The summed E-state index contributed by atoms with van der Waals surface area (Å²) in [4.78, 5) is 73.0. The summed E-state index contributed by atoms with van der Waals surface area (Å²) < 4.78 is 17.7. The molecule has 5 N–H and O–H groups in total. The maximum Gasteiger partial charge on any atom is 0.222 e. The van der Waals surface area contributed by atoms with Gasteiger partial charge in [-0.15, -0.1) is 0 Å². The third kappa shape index (κ3) is 35.8. The molecule has 0 saturated heterocycles. The Bertz CT molecular complexity index is 995. The number of hydrogen-bond acceptors (Lipinski definition) is 9. The van der Waals surface area contributed by atoms with E-state index in [1.54, 1.807) is 0 Å². The Kier molecular flexibility index (Phi) is 37.6. The highest BCUT2D eigenvalue weighted by molar-refractivity contribution is 5.78. The summed E-state index contributed by atoms with van der Waals surface area (Å²) in [6.45, 7) is 8.56. The van der Waals surface area contributed by atoms with Gasteiger partial charge in [0.05, 0.1) is 39.6 Å². The number of amides is 5. The number of ether oxygens (including phenoxy) is 3. The molecule has 0 aromatic rings. The average Bonchev–Trinajstić information content (AvgIpc) is 3.19. The first-order valence-electron chi connectivity index (χ1n) is 22.3. The summed E-state index contributed by atoms with van der Waals surface area (Å²) in [6, 6.07) is 0. The second kappa shape index (κ2) is 39.7. The van der Waals surface area contributed by atoms with Crippen LogP contribution in [0, 0.1) is 0 Å². The number of aldehydes is 1. The minimum atomic E-state index is -1.11. The van der Waals surface area contributed by atoms with Crippen LogP contribution in [0.1, 0.15) is 168 Å². The van der Waals surface area contributed by atoms with E-state index in [0.717, 1.165) is 70.5 Å². The molecule has 0 heterocycles. The van der Waals surface area contributed by atoms with Crippen molar-refractivity contribution in [1.82, 2.24) is 26.6 Å². The second-order valence-corrected chi connectivity index (χ2v) is 15.0. The maximum atomic E-state index is 13.3. The lowest BCUT2D eigenvalue weighted by molar-refractivity contribution is -0.130. The molecule has 0 aliphatic carbocycles. The summed E-state index contributed by atoms with van der Waals surface area (Å²) in [7, 11) is 0. The fraction of sp³-hybridized carbons (Fsp3) is 0.860. The molecule has 0 aromatic carbocycles. The van der Waals surface area contributed by atoms with Gasteiger partial charge < -0.3 is 45.6 Å². The van der Waals surface area contributed by atoms with Crippen LogP contribution in [-0.4, -0.2) is 107 Å². The molecule has 0 aliphatic rings. The number of unbranched alkanes of at least 4 members (excludes halogenated alkanes) is 12. The zero-order chi connectivity index (χ0) is 42.1. The number of rotatable bonds is 42. The lowest BCUT2D eigenvalue weighted by Crippen LogP contribution is -2.58. The van der Waals surface area contributed by atoms with Crippen LogP contribution in [0.5, 0.6) is 0 Å². The molecule has 0 rings (SSSR count). The van der Waals surface area contributed by atoms with E-state index in [-0.39, 0.29) is 88.4 Å². The van der Waals surface area contributed by atoms with E-state index in [1.807, 2.05) is 0 Å². The van der Waals surface area contributed by atoms with E-state index in [4.69, 9.17) is 14.2 Å². The molecule has 0 radical (unpaired) electrons. The first-order valence-corrected chi connectivity index (χ1v) is 22.3. The predicted octanol–water partition coefficient (Wildman–Crippen LogP) is 5.59. The Labute approximate surface area is 344 Å². The van der Waals surface area contributed by atoms with E-state index in [2.05, 4.69) is 47.4 Å². The summed E-state index contributed by atoms with van der Waals surface area (Å²) in [5.74, 6) is -0.498. The Morgan fingerprint density at radius 1 is 0.421 bits per heavy atom. The molecular formula is C43H81N5O9. The van der Waals surface area contributed by atoms with Crippen LogP contribution < -0.4 is 26.6 Å². The van der Waals surface area contributed by atoms with Gasteiger partial charge >= 0.3 is 0 Å². The highest BCUT2D eigenvalue weighted by atomic mass is 16.5. The smallest absolute Gasteiger partial charge is 0.222 e. The predicted molar refractivity (Wildman–Crippen MR) is 225 cm³/mol. The molecule has 14 nitrogen and oxygen atoms in total. The molecular weight excluding hydrogens is 730 g/mol. The standard InChI is InChI=1S/C43H81N5O9/c1-4-7-10-11-12-13-14-15-18-24-42(54)48-43(35-55-32-21-31-49,36-56-33-25-40(52)46-29-19-27-44-38(50)22-16-8-5-2)37-57-34-26-41(53)47-30-20-28-45-39(51)23-17-9-6-3/h31H,4-30,32-37H2,1-3H3,(H,44,50)(H,45,51)(H,46,52)(H,47,53)(H,48,54). The van der Waals surface area contributed by atoms with Gasteiger partial charge in [-0.3, -0.25) is 24.0 Å². The highest BCUT2D eigenvalue weighted by Crippen LogP contribution is 2.14. The van der Waals surface area contributed by atoms with Crippen molar-refractivity contribution in [3.63, 3.8) is 0 Å². The Morgan fingerprint density at radius 2 is 0.754 bits per heavy atom. The molecule has 0 spiro atoms. The molecule has 0 atom stereocenters. The number of hydrogen-bond donors (Lipinski definition) is 5. The normalized spacial score (nSPS) is 11.2. The van der Waals surface area contributed by atoms with E-state index in [9.17, 15) is 28.8 Å². The van der Waals surface area contributed by atoms with E-state index in [1.165, 1.54) is 32.1 Å². The molecule has 0 bridgehead atoms. The largest absolute Gasteiger partial charge is 0.378 e. The summed E-state index contributed by atoms with van der Waals surface area (Å²) in [6.07, 6.45) is 19.9. The summed E-state index contributed by atoms with van der Waals surface area (Å²) in [5.41, 5.74) is -1.11. The van der Waals surface area contributed by atoms with Crippen molar-refractivity contribution in [3.8, 4) is 0 Å². The molecule has 14 heteroatoms. The van der Waals surface area contributed by atoms with Gasteiger partial charge in [-0.1, -0.05) is 97.8 Å². The molecule has 57 heavy (non-hydrogen) atoms. The quantitative estimate of drug-likeness (QED) is 0.0387. The summed E-state index contributed by atoms with van der Waals surface area (Å²) >= 11 is 0. The molecule has 0 saturated carbocycles. The second-order valence-electron chi connectivity index (χ2n) is 15.0. The highest BCUT2D eigenvalue weighted by Gasteiger charge is 2.34. The van der Waals surface area contributed by atoms with Gasteiger partial charge in [0, 0.05) is 64.7 Å². The van der Waals surface area contributed by atoms with Gasteiger partial charge in [0.15, 0.2) is 0 Å². The summed E-state index contributed by atoms with van der Waals surface area (Å²) in [5, 5.41) is 14.5. The first kappa shape index (κ1) is 53.9. The van der Waals surface area contributed by atoms with Crippen LogP contribution in [0.4, 0.5) is 0 Å². The minimum absolute atomic E-state index is 0.00864. The average molecular weight is 812 g/mol. The van der Waals surface area contributed by atoms with Crippen LogP contribution in [0.3, 0.4) is 0 Å². The number of carbonyl (C=O) groups excluding carboxylic acids is 6. The van der Waals surface area contributed by atoms with Crippen molar-refractivity contribution < 1.29 is 43.0 Å². The number of carbonyl (C=O) groups is 6. The van der Waals surface area contributed by atoms with Gasteiger partial charge in [0.1, 0.15) is 11.8 Å². The van der Waals surface area contributed by atoms with Crippen LogP contribution >= 0.6 is 0 Å². The zero-order valence-corrected chi connectivity index (χ0v) is 36.1. The Hall–Kier alpha value is -3.10. The maximum absolute atomic E-state index is 13.3. The SMILES string of the molecule is CCCCCCCCCCCC(=O)NC(COCCC=O)(COCCC(=O)NCCCNC(=O)CCCCC)COCCC(=O)NCCCNC(=O)CCCCC. The van der Waals surface area contributed by atoms with Crippen molar-refractivity contribution in [2.45, 2.75) is 174 Å². The van der Waals surface area contributed by atoms with E-state index in [0.29, 0.717) is 58.3 Å². The van der Waals surface area contributed by atoms with Crippen LogP contribution in [-0.2, 0) is 43.0 Å². The van der Waals surface area contributed by atoms with Gasteiger partial charge in [-0.05, 0) is 32.1 Å². The van der Waals surface area contributed by atoms with Crippen molar-refractivity contribution in [1.29, 1.82) is 0 Å². The van der Waals surface area contributed by atoms with Gasteiger partial charge in [0.25, 0.3) is 0 Å². The lowest BCUT2D eigenvalue weighted by atomic mass is 10.0. The molecule has 5 amide bonds. The van der Waals surface area contributed by atoms with Gasteiger partial charge in [-0.2, -0.15) is 0 Å². The van der Waals surface area contributed by atoms with Crippen LogP contribution in [0.25, 0.3) is 0 Å². The third-order valence-electron chi connectivity index (χ3n) is 9.38. The fourth-order valence-electron chi connectivity index (χ4n) is 5.96. The Morgan fingerprint density at radius 3 is 1.18 bits per heavy atom. The molecule has 0 fully saturated rings. The zero-order valence-electron chi connectivity index (χ0n) is 36.1. The fourth-order valence-corrected chi connectivity index (χ4v) is 5.96. The van der Waals surface area contributed by atoms with Crippen LogP contribution in [0.2, 0.25) is 0 Å². The van der Waals surface area contributed by atoms with Crippen molar-refractivity contribution >= 4 is 35.8 Å². The van der Waals surface area contributed by atoms with Crippen molar-refractivity contribution in [3.05, 3.63) is 0 Å². The van der Waals surface area contributed by atoms with E-state index < -0.39 is 5.54 Å². The van der Waals surface area contributed by atoms with Crippen molar-refractivity contribution in [2.75, 3.05) is 65.8 Å². The number of nitrogens with one attached hydrogen (secondary N) is 5. The van der Waals surface area contributed by atoms with Crippen molar-refractivity contribution in [2.24, 2.45) is 0 Å². The monoisotopic (exact) mass is 812 g/mol. The molecule has 0 unspecified atom stereocenters. The van der Waals surface area contributed by atoms with Gasteiger partial charge in [0.2, 0.25) is 29.5 Å². The lowest BCUT2D eigenvalue weighted by Gasteiger charge is -2.34. The molecule has 332 valence electrons. The van der Waals surface area contributed by atoms with E-state index >= 15 is 0 Å². The molecule has 0 aromatic heterocycles. The first-order chi connectivity index (χ1) is 27.7. The Balaban J connectivity index is 5.07.